The third-order valence-electron chi connectivity index (χ3n) is 3.65. The van der Waals surface area contributed by atoms with E-state index in [-0.39, 0.29) is 5.97 Å². The Bertz CT molecular complexity index is 809. The summed E-state index contributed by atoms with van der Waals surface area (Å²) in [6.07, 6.45) is 5.08. The minimum atomic E-state index is -0.427. The van der Waals surface area contributed by atoms with Crippen LogP contribution in [0.4, 0.5) is 0 Å². The summed E-state index contributed by atoms with van der Waals surface area (Å²) in [6.45, 7) is 5.65. The number of fused-ring (bicyclic) bond motifs is 1. The highest BCUT2D eigenvalue weighted by Crippen LogP contribution is 2.20. The van der Waals surface area contributed by atoms with Gasteiger partial charge in [0.2, 0.25) is 0 Å². The number of hydrogen-bond acceptors (Lipinski definition) is 3. The Morgan fingerprint density at radius 1 is 1.12 bits per heavy atom. The van der Waals surface area contributed by atoms with Gasteiger partial charge in [-0.25, -0.2) is 4.98 Å². The van der Waals surface area contributed by atoms with Gasteiger partial charge in [-0.3, -0.25) is 4.79 Å². The second-order valence-electron chi connectivity index (χ2n) is 6.88. The molecule has 0 aliphatic heterocycles. The lowest BCUT2D eigenvalue weighted by Gasteiger charge is -2.19. The lowest BCUT2D eigenvalue weighted by Crippen LogP contribution is -2.23. The van der Waals surface area contributed by atoms with Crippen molar-refractivity contribution in [2.75, 3.05) is 0 Å². The fourth-order valence-corrected chi connectivity index (χ4v) is 2.55. The summed E-state index contributed by atoms with van der Waals surface area (Å²) in [6, 6.07) is 14.1. The van der Waals surface area contributed by atoms with Gasteiger partial charge in [-0.05, 0) is 44.9 Å². The van der Waals surface area contributed by atoms with Crippen LogP contribution in [0.5, 0.6) is 0 Å². The van der Waals surface area contributed by atoms with Gasteiger partial charge in [-0.15, -0.1) is 0 Å². The Morgan fingerprint density at radius 3 is 2.54 bits per heavy atom. The molecular weight excluding hydrogens is 300 g/mol. The van der Waals surface area contributed by atoms with E-state index in [1.165, 1.54) is 0 Å². The standard InChI is InChI=1S/C20H22N2O2/c1-20(2,3)24-19(23)12-9-15-7-10-16(11-8-15)17-14-22-13-5-4-6-18(22)21-17/h4-8,10-11,13-14H,9,12H2,1-3H3. The molecule has 124 valence electrons. The van der Waals surface area contributed by atoms with E-state index in [0.29, 0.717) is 12.8 Å². The molecule has 0 N–H and O–H groups in total. The zero-order valence-electron chi connectivity index (χ0n) is 14.3. The van der Waals surface area contributed by atoms with E-state index in [1.807, 2.05) is 80.0 Å². The number of pyridine rings is 1. The van der Waals surface area contributed by atoms with Gasteiger partial charge >= 0.3 is 5.97 Å². The number of aromatic nitrogens is 2. The van der Waals surface area contributed by atoms with E-state index in [9.17, 15) is 4.79 Å². The largest absolute Gasteiger partial charge is 0.460 e. The maximum absolute atomic E-state index is 11.8. The van der Waals surface area contributed by atoms with Crippen molar-refractivity contribution in [2.45, 2.75) is 39.2 Å². The fraction of sp³-hybridized carbons (Fsp3) is 0.300. The van der Waals surface area contributed by atoms with E-state index in [2.05, 4.69) is 4.98 Å². The molecule has 0 atom stereocenters. The summed E-state index contributed by atoms with van der Waals surface area (Å²) in [5.74, 6) is -0.160. The van der Waals surface area contributed by atoms with Crippen molar-refractivity contribution < 1.29 is 9.53 Å². The van der Waals surface area contributed by atoms with Crippen molar-refractivity contribution in [1.29, 1.82) is 0 Å². The normalized spacial score (nSPS) is 11.6. The van der Waals surface area contributed by atoms with Gasteiger partial charge in [0.05, 0.1) is 5.69 Å². The van der Waals surface area contributed by atoms with Gasteiger partial charge < -0.3 is 9.14 Å². The summed E-state index contributed by atoms with van der Waals surface area (Å²) >= 11 is 0. The molecular formula is C20H22N2O2. The van der Waals surface area contributed by atoms with E-state index in [4.69, 9.17) is 4.74 Å². The van der Waals surface area contributed by atoms with Crippen LogP contribution in [0.3, 0.4) is 0 Å². The minimum Gasteiger partial charge on any atom is -0.460 e. The van der Waals surface area contributed by atoms with Gasteiger partial charge in [0.1, 0.15) is 11.2 Å². The highest BCUT2D eigenvalue weighted by atomic mass is 16.6. The van der Waals surface area contributed by atoms with Crippen LogP contribution in [0, 0.1) is 0 Å². The van der Waals surface area contributed by atoms with Crippen molar-refractivity contribution in [1.82, 2.24) is 9.38 Å². The molecule has 2 heterocycles. The third kappa shape index (κ3) is 4.02. The first-order valence-corrected chi connectivity index (χ1v) is 8.16. The molecule has 0 saturated carbocycles. The summed E-state index contributed by atoms with van der Waals surface area (Å²) in [5.41, 5.74) is 3.64. The first-order valence-electron chi connectivity index (χ1n) is 8.16. The monoisotopic (exact) mass is 322 g/mol. The molecule has 0 bridgehead atoms. The van der Waals surface area contributed by atoms with Gasteiger partial charge in [-0.2, -0.15) is 0 Å². The number of nitrogens with zero attached hydrogens (tertiary/aromatic N) is 2. The summed E-state index contributed by atoms with van der Waals surface area (Å²) in [7, 11) is 0. The summed E-state index contributed by atoms with van der Waals surface area (Å²) in [5, 5.41) is 0. The van der Waals surface area contributed by atoms with E-state index < -0.39 is 5.60 Å². The summed E-state index contributed by atoms with van der Waals surface area (Å²) in [4.78, 5) is 16.4. The molecule has 24 heavy (non-hydrogen) atoms. The second kappa shape index (κ2) is 6.48. The number of carbonyl (C=O) groups is 1. The van der Waals surface area contributed by atoms with Crippen molar-refractivity contribution in [3.63, 3.8) is 0 Å². The Balaban J connectivity index is 1.66. The Labute approximate surface area is 142 Å². The molecule has 0 amide bonds. The Kier molecular flexibility index (Phi) is 4.38. The molecule has 0 aliphatic rings. The smallest absolute Gasteiger partial charge is 0.306 e. The summed E-state index contributed by atoms with van der Waals surface area (Å²) < 4.78 is 7.34. The van der Waals surface area contributed by atoms with Gasteiger partial charge in [0, 0.05) is 24.4 Å². The van der Waals surface area contributed by atoms with Crippen LogP contribution in [0.1, 0.15) is 32.8 Å². The van der Waals surface area contributed by atoms with Crippen LogP contribution in [-0.2, 0) is 16.0 Å². The fourth-order valence-electron chi connectivity index (χ4n) is 2.55. The average molecular weight is 322 g/mol. The zero-order chi connectivity index (χ0) is 17.2. The number of esters is 1. The number of benzene rings is 1. The van der Waals surface area contributed by atoms with Crippen LogP contribution in [0.25, 0.3) is 16.9 Å². The number of ether oxygens (including phenoxy) is 1. The molecule has 3 aromatic rings. The van der Waals surface area contributed by atoms with Crippen LogP contribution in [0.15, 0.2) is 54.9 Å². The molecule has 1 aromatic carbocycles. The van der Waals surface area contributed by atoms with Crippen LogP contribution >= 0.6 is 0 Å². The molecule has 0 spiro atoms. The lowest BCUT2D eigenvalue weighted by molar-refractivity contribution is -0.154. The number of rotatable bonds is 4. The average Bonchev–Trinajstić information content (AvgIpc) is 2.96. The lowest BCUT2D eigenvalue weighted by atomic mass is 10.1. The first kappa shape index (κ1) is 16.2. The number of hydrogen-bond donors (Lipinski definition) is 0. The maximum Gasteiger partial charge on any atom is 0.306 e. The van der Waals surface area contributed by atoms with Gasteiger partial charge in [0.15, 0.2) is 0 Å². The molecule has 0 unspecified atom stereocenters. The van der Waals surface area contributed by atoms with E-state index >= 15 is 0 Å². The molecule has 0 fully saturated rings. The number of imidazole rings is 1. The topological polar surface area (TPSA) is 43.6 Å². The SMILES string of the molecule is CC(C)(C)OC(=O)CCc1ccc(-c2cn3ccccc3n2)cc1. The molecule has 4 heteroatoms. The van der Waals surface area contributed by atoms with Gasteiger partial charge in [0.25, 0.3) is 0 Å². The Morgan fingerprint density at radius 2 is 1.88 bits per heavy atom. The van der Waals surface area contributed by atoms with Gasteiger partial charge in [-0.1, -0.05) is 30.3 Å². The molecule has 4 nitrogen and oxygen atoms in total. The number of aryl methyl sites for hydroxylation is 1. The predicted octanol–water partition coefficient (Wildman–Crippen LogP) is 4.28. The molecule has 0 aliphatic carbocycles. The van der Waals surface area contributed by atoms with Crippen molar-refractivity contribution in [2.24, 2.45) is 0 Å². The maximum atomic E-state index is 11.8. The van der Waals surface area contributed by atoms with E-state index in [1.54, 1.807) is 0 Å². The molecule has 2 aromatic heterocycles. The Hall–Kier alpha value is -2.62. The van der Waals surface area contributed by atoms with Crippen LogP contribution in [-0.4, -0.2) is 21.0 Å². The molecule has 0 radical (unpaired) electrons. The minimum absolute atomic E-state index is 0.160. The first-order chi connectivity index (χ1) is 11.4. The van der Waals surface area contributed by atoms with Crippen LogP contribution < -0.4 is 0 Å². The third-order valence-corrected chi connectivity index (χ3v) is 3.65. The predicted molar refractivity (Wildman–Crippen MR) is 94.8 cm³/mol. The van der Waals surface area contributed by atoms with Crippen molar-refractivity contribution >= 4 is 11.6 Å². The highest BCUT2D eigenvalue weighted by Gasteiger charge is 2.15. The van der Waals surface area contributed by atoms with Crippen molar-refractivity contribution in [3.05, 3.63) is 60.4 Å². The quantitative estimate of drug-likeness (QED) is 0.674. The second-order valence-corrected chi connectivity index (χ2v) is 6.88. The van der Waals surface area contributed by atoms with Crippen molar-refractivity contribution in [3.8, 4) is 11.3 Å². The zero-order valence-corrected chi connectivity index (χ0v) is 14.3. The molecule has 0 saturated heterocycles. The molecule has 3 rings (SSSR count). The number of carbonyl (C=O) groups excluding carboxylic acids is 1. The van der Waals surface area contributed by atoms with Crippen LogP contribution in [0.2, 0.25) is 0 Å². The van der Waals surface area contributed by atoms with E-state index in [0.717, 1.165) is 22.5 Å². The highest BCUT2D eigenvalue weighted by molar-refractivity contribution is 5.70.